The molecule has 0 bridgehead atoms. The molecule has 0 saturated carbocycles. The minimum atomic E-state index is -0.859. The molecule has 0 aromatic heterocycles. The monoisotopic (exact) mass is 382 g/mol. The summed E-state index contributed by atoms with van der Waals surface area (Å²) in [6, 6.07) is -0.546. The molecule has 0 radical (unpaired) electrons. The lowest BCUT2D eigenvalue weighted by Gasteiger charge is -2.27. The number of esters is 1. The third kappa shape index (κ3) is 7.74. The van der Waals surface area contributed by atoms with E-state index in [0.29, 0.717) is 39.2 Å². The highest BCUT2D eigenvalue weighted by Gasteiger charge is 2.39. The Morgan fingerprint density at radius 1 is 1.11 bits per heavy atom. The third-order valence-electron chi connectivity index (χ3n) is 4.89. The predicted molar refractivity (Wildman–Crippen MR) is 97.7 cm³/mol. The van der Waals surface area contributed by atoms with Crippen molar-refractivity contribution in [3.63, 3.8) is 0 Å². The van der Waals surface area contributed by atoms with Crippen molar-refractivity contribution < 1.29 is 23.8 Å². The summed E-state index contributed by atoms with van der Waals surface area (Å²) in [6.07, 6.45) is 8.72. The lowest BCUT2D eigenvalue weighted by molar-refractivity contribution is -0.175. The van der Waals surface area contributed by atoms with Gasteiger partial charge in [0.25, 0.3) is 0 Å². The van der Waals surface area contributed by atoms with Crippen molar-refractivity contribution in [3.05, 3.63) is 10.4 Å². The Hall–Kier alpha value is -1.83. The molecule has 9 nitrogen and oxygen atoms in total. The van der Waals surface area contributed by atoms with E-state index in [4.69, 9.17) is 19.7 Å². The van der Waals surface area contributed by atoms with Crippen molar-refractivity contribution in [2.24, 2.45) is 5.11 Å². The zero-order valence-electron chi connectivity index (χ0n) is 15.9. The Kier molecular flexibility index (Phi) is 9.38. The Morgan fingerprint density at radius 2 is 1.78 bits per heavy atom. The van der Waals surface area contributed by atoms with Crippen molar-refractivity contribution in [1.82, 2.24) is 5.32 Å². The summed E-state index contributed by atoms with van der Waals surface area (Å²) in [4.78, 5) is 26.5. The first-order chi connectivity index (χ1) is 13.2. The number of nitrogens with zero attached hydrogens (tertiary/aromatic N) is 3. The van der Waals surface area contributed by atoms with E-state index in [1.54, 1.807) is 0 Å². The number of carbonyl (C=O) groups is 2. The van der Waals surface area contributed by atoms with Gasteiger partial charge in [0.15, 0.2) is 5.79 Å². The van der Waals surface area contributed by atoms with E-state index < -0.39 is 11.8 Å². The number of hydrogen-bond donors (Lipinski definition) is 1. The first kappa shape index (κ1) is 21.5. The molecule has 152 valence electrons. The molecule has 9 heteroatoms. The summed E-state index contributed by atoms with van der Waals surface area (Å²) in [5.74, 6) is -1.46. The standard InChI is InChI=1S/C18H30N4O5/c19-22-20-10-7-5-3-1-2-4-6-9-18(26-12-13-27-18)14-16(23)21-15-8-11-25-17(15)24/h15H,1-14H2,(H,21,23)/t15-/m0/s1. The van der Waals surface area contributed by atoms with Crippen LogP contribution in [0.25, 0.3) is 10.4 Å². The van der Waals surface area contributed by atoms with Gasteiger partial charge >= 0.3 is 5.97 Å². The van der Waals surface area contributed by atoms with Crippen LogP contribution in [0.5, 0.6) is 0 Å². The van der Waals surface area contributed by atoms with E-state index in [-0.39, 0.29) is 18.3 Å². The Balaban J connectivity index is 1.60. The fraction of sp³-hybridized carbons (Fsp3) is 0.889. The summed E-state index contributed by atoms with van der Waals surface area (Å²) in [7, 11) is 0. The number of azide groups is 1. The molecule has 2 rings (SSSR count). The van der Waals surface area contributed by atoms with Gasteiger partial charge in [-0.2, -0.15) is 0 Å². The maximum Gasteiger partial charge on any atom is 0.328 e. The van der Waals surface area contributed by atoms with Gasteiger partial charge in [-0.05, 0) is 18.4 Å². The highest BCUT2D eigenvalue weighted by molar-refractivity contribution is 5.85. The molecule has 0 aromatic rings. The van der Waals surface area contributed by atoms with Gasteiger partial charge in [-0.15, -0.1) is 0 Å². The normalized spacial score (nSPS) is 20.9. The second kappa shape index (κ2) is 11.8. The van der Waals surface area contributed by atoms with Gasteiger partial charge in [-0.1, -0.05) is 37.2 Å². The first-order valence-corrected chi connectivity index (χ1v) is 9.90. The molecule has 2 fully saturated rings. The second-order valence-electron chi connectivity index (χ2n) is 7.04. The molecule has 2 saturated heterocycles. The van der Waals surface area contributed by atoms with Crippen LogP contribution in [0, 0.1) is 0 Å². The maximum absolute atomic E-state index is 12.3. The van der Waals surface area contributed by atoms with E-state index in [2.05, 4.69) is 15.3 Å². The van der Waals surface area contributed by atoms with Crippen LogP contribution in [-0.2, 0) is 23.8 Å². The van der Waals surface area contributed by atoms with E-state index in [9.17, 15) is 9.59 Å². The highest BCUT2D eigenvalue weighted by atomic mass is 16.7. The molecule has 1 N–H and O–H groups in total. The van der Waals surface area contributed by atoms with Gasteiger partial charge in [0.2, 0.25) is 5.91 Å². The van der Waals surface area contributed by atoms with Crippen molar-refractivity contribution >= 4 is 11.9 Å². The Labute approximate surface area is 159 Å². The summed E-state index contributed by atoms with van der Waals surface area (Å²) >= 11 is 0. The molecule has 0 spiro atoms. The highest BCUT2D eigenvalue weighted by Crippen LogP contribution is 2.30. The SMILES string of the molecule is [N-]=[N+]=NCCCCCCCCCC1(CC(=O)N[C@H]2CCOC2=O)OCCO1. The zero-order valence-corrected chi connectivity index (χ0v) is 15.9. The molecule has 1 atom stereocenters. The molecule has 1 amide bonds. The summed E-state index contributed by atoms with van der Waals surface area (Å²) in [5.41, 5.74) is 8.21. The van der Waals surface area contributed by atoms with Crippen LogP contribution < -0.4 is 5.32 Å². The second-order valence-corrected chi connectivity index (χ2v) is 7.04. The average Bonchev–Trinajstić information content (AvgIpc) is 3.26. The van der Waals surface area contributed by atoms with E-state index in [0.717, 1.165) is 44.9 Å². The quantitative estimate of drug-likeness (QED) is 0.172. The van der Waals surface area contributed by atoms with Gasteiger partial charge in [0.1, 0.15) is 6.04 Å². The van der Waals surface area contributed by atoms with Gasteiger partial charge in [-0.25, -0.2) is 4.79 Å². The molecule has 2 heterocycles. The zero-order chi connectivity index (χ0) is 19.4. The van der Waals surface area contributed by atoms with Gasteiger partial charge < -0.3 is 19.5 Å². The van der Waals surface area contributed by atoms with Gasteiger partial charge in [0, 0.05) is 24.3 Å². The van der Waals surface area contributed by atoms with E-state index in [1.165, 1.54) is 0 Å². The van der Waals surface area contributed by atoms with Gasteiger partial charge in [0.05, 0.1) is 26.2 Å². The molecular weight excluding hydrogens is 352 g/mol. The van der Waals surface area contributed by atoms with Crippen LogP contribution in [0.15, 0.2) is 5.11 Å². The fourth-order valence-corrected chi connectivity index (χ4v) is 3.45. The lowest BCUT2D eigenvalue weighted by Crippen LogP contribution is -2.43. The minimum Gasteiger partial charge on any atom is -0.464 e. The largest absolute Gasteiger partial charge is 0.464 e. The van der Waals surface area contributed by atoms with E-state index >= 15 is 0 Å². The molecule has 2 aliphatic rings. The number of unbranched alkanes of at least 4 members (excludes halogenated alkanes) is 6. The molecule has 0 unspecified atom stereocenters. The van der Waals surface area contributed by atoms with Gasteiger partial charge in [-0.3, -0.25) is 4.79 Å². The van der Waals surface area contributed by atoms with Crippen molar-refractivity contribution in [2.45, 2.75) is 76.0 Å². The lowest BCUT2D eigenvalue weighted by atomic mass is 10.0. The number of amides is 1. The fourth-order valence-electron chi connectivity index (χ4n) is 3.45. The Bertz CT molecular complexity index is 530. The van der Waals surface area contributed by atoms with Crippen LogP contribution >= 0.6 is 0 Å². The average molecular weight is 382 g/mol. The topological polar surface area (TPSA) is 123 Å². The smallest absolute Gasteiger partial charge is 0.328 e. The van der Waals surface area contributed by atoms with Crippen molar-refractivity contribution in [1.29, 1.82) is 0 Å². The first-order valence-electron chi connectivity index (χ1n) is 9.90. The number of hydrogen-bond acceptors (Lipinski definition) is 6. The van der Waals surface area contributed by atoms with Crippen molar-refractivity contribution in [2.75, 3.05) is 26.4 Å². The summed E-state index contributed by atoms with van der Waals surface area (Å²) < 4.78 is 16.4. The van der Waals surface area contributed by atoms with Crippen LogP contribution in [0.1, 0.15) is 64.2 Å². The van der Waals surface area contributed by atoms with Crippen LogP contribution in [-0.4, -0.2) is 50.1 Å². The van der Waals surface area contributed by atoms with Crippen LogP contribution in [0.4, 0.5) is 0 Å². The third-order valence-corrected chi connectivity index (χ3v) is 4.89. The number of ether oxygens (including phenoxy) is 3. The molecule has 0 aliphatic carbocycles. The summed E-state index contributed by atoms with van der Waals surface area (Å²) in [6.45, 7) is 1.91. The van der Waals surface area contributed by atoms with Crippen LogP contribution in [0.2, 0.25) is 0 Å². The van der Waals surface area contributed by atoms with Crippen molar-refractivity contribution in [3.8, 4) is 0 Å². The Morgan fingerprint density at radius 3 is 2.41 bits per heavy atom. The molecule has 27 heavy (non-hydrogen) atoms. The predicted octanol–water partition coefficient (Wildman–Crippen LogP) is 2.98. The van der Waals surface area contributed by atoms with E-state index in [1.807, 2.05) is 0 Å². The number of nitrogens with one attached hydrogen (secondary N) is 1. The number of carbonyl (C=O) groups excluding carboxylic acids is 2. The summed E-state index contributed by atoms with van der Waals surface area (Å²) in [5, 5.41) is 6.24. The molecule has 0 aromatic carbocycles. The van der Waals surface area contributed by atoms with Crippen LogP contribution in [0.3, 0.4) is 0 Å². The number of rotatable bonds is 13. The molecule has 2 aliphatic heterocycles. The number of cyclic esters (lactones) is 1. The maximum atomic E-state index is 12.3. The molecular formula is C18H30N4O5. The minimum absolute atomic E-state index is 0.107.